The number of rotatable bonds is 8. The van der Waals surface area contributed by atoms with Crippen LogP contribution in [0.1, 0.15) is 50.7 Å². The average Bonchev–Trinajstić information content (AvgIpc) is 2.43. The summed E-state index contributed by atoms with van der Waals surface area (Å²) in [6.07, 6.45) is 0. The predicted molar refractivity (Wildman–Crippen MR) is 94.7 cm³/mol. The fraction of sp³-hybridized carbons (Fsp3) is 0.611. The van der Waals surface area contributed by atoms with Crippen LogP contribution >= 0.6 is 0 Å². The highest BCUT2D eigenvalue weighted by atomic mass is 16.1. The second kappa shape index (κ2) is 8.91. The van der Waals surface area contributed by atoms with E-state index in [4.69, 9.17) is 0 Å². The number of hydrogen-bond donors (Lipinski definition) is 2. The van der Waals surface area contributed by atoms with Crippen molar-refractivity contribution < 1.29 is 4.79 Å². The maximum atomic E-state index is 12.2. The van der Waals surface area contributed by atoms with E-state index in [2.05, 4.69) is 61.4 Å². The first kappa shape index (κ1) is 18.7. The van der Waals surface area contributed by atoms with Gasteiger partial charge in [-0.15, -0.1) is 0 Å². The van der Waals surface area contributed by atoms with Gasteiger partial charge in [-0.2, -0.15) is 0 Å². The van der Waals surface area contributed by atoms with Gasteiger partial charge in [-0.1, -0.05) is 45.9 Å². The Morgan fingerprint density at radius 1 is 1.09 bits per heavy atom. The third-order valence-corrected chi connectivity index (χ3v) is 3.66. The standard InChI is InChI=1S/C18H31N3O/c1-13(2)15-8-7-9-16(14(3)4)18(15)20-17(22)12-19-10-11-21(5)6/h7-9,13-14,19H,10-12H2,1-6H3,(H,20,22). The van der Waals surface area contributed by atoms with Crippen LogP contribution in [0.25, 0.3) is 0 Å². The summed E-state index contributed by atoms with van der Waals surface area (Å²) in [4.78, 5) is 14.3. The van der Waals surface area contributed by atoms with Crippen molar-refractivity contribution in [3.8, 4) is 0 Å². The third-order valence-electron chi connectivity index (χ3n) is 3.66. The summed E-state index contributed by atoms with van der Waals surface area (Å²) < 4.78 is 0. The fourth-order valence-electron chi connectivity index (χ4n) is 2.38. The summed E-state index contributed by atoms with van der Waals surface area (Å²) in [7, 11) is 4.05. The van der Waals surface area contributed by atoms with Gasteiger partial charge in [-0.25, -0.2) is 0 Å². The van der Waals surface area contributed by atoms with Crippen LogP contribution < -0.4 is 10.6 Å². The molecule has 1 amide bonds. The quantitative estimate of drug-likeness (QED) is 0.726. The van der Waals surface area contributed by atoms with Crippen molar-refractivity contribution in [3.63, 3.8) is 0 Å². The molecule has 1 aromatic carbocycles. The number of anilines is 1. The number of para-hydroxylation sites is 1. The molecule has 0 radical (unpaired) electrons. The van der Waals surface area contributed by atoms with E-state index in [1.54, 1.807) is 0 Å². The number of carbonyl (C=O) groups excluding carboxylic acids is 1. The Kier molecular flexibility index (Phi) is 7.56. The molecule has 0 saturated carbocycles. The molecular weight excluding hydrogens is 274 g/mol. The monoisotopic (exact) mass is 305 g/mol. The highest BCUT2D eigenvalue weighted by molar-refractivity contribution is 5.94. The highest BCUT2D eigenvalue weighted by Crippen LogP contribution is 2.32. The number of amides is 1. The van der Waals surface area contributed by atoms with Crippen LogP contribution in [0, 0.1) is 0 Å². The first-order valence-corrected chi connectivity index (χ1v) is 8.11. The first-order valence-electron chi connectivity index (χ1n) is 8.11. The van der Waals surface area contributed by atoms with Crippen LogP contribution in [0.5, 0.6) is 0 Å². The Bertz CT molecular complexity index is 455. The van der Waals surface area contributed by atoms with Crippen LogP contribution in [-0.2, 0) is 4.79 Å². The van der Waals surface area contributed by atoms with Gasteiger partial charge in [0, 0.05) is 18.8 Å². The van der Waals surface area contributed by atoms with Crippen molar-refractivity contribution in [2.45, 2.75) is 39.5 Å². The van der Waals surface area contributed by atoms with Gasteiger partial charge in [0.15, 0.2) is 0 Å². The molecule has 0 heterocycles. The predicted octanol–water partition coefficient (Wildman–Crippen LogP) is 3.02. The SMILES string of the molecule is CC(C)c1cccc(C(C)C)c1NC(=O)CNCCN(C)C. The van der Waals surface area contributed by atoms with E-state index >= 15 is 0 Å². The summed E-state index contributed by atoms with van der Waals surface area (Å²) in [6.45, 7) is 10.7. The van der Waals surface area contributed by atoms with Gasteiger partial charge in [-0.3, -0.25) is 4.79 Å². The van der Waals surface area contributed by atoms with Crippen molar-refractivity contribution in [3.05, 3.63) is 29.3 Å². The zero-order valence-corrected chi connectivity index (χ0v) is 14.9. The molecule has 0 saturated heterocycles. The molecular formula is C18H31N3O. The third kappa shape index (κ3) is 5.78. The van der Waals surface area contributed by atoms with Gasteiger partial charge in [-0.05, 0) is 37.1 Å². The normalized spacial score (nSPS) is 11.5. The molecule has 0 spiro atoms. The van der Waals surface area contributed by atoms with Crippen LogP contribution in [0.2, 0.25) is 0 Å². The van der Waals surface area contributed by atoms with Gasteiger partial charge in [0.2, 0.25) is 5.91 Å². The summed E-state index contributed by atoms with van der Waals surface area (Å²) in [5.74, 6) is 0.792. The minimum atomic E-state index is 0.0220. The van der Waals surface area contributed by atoms with Gasteiger partial charge in [0.1, 0.15) is 0 Å². The number of nitrogens with one attached hydrogen (secondary N) is 2. The number of hydrogen-bond acceptors (Lipinski definition) is 3. The minimum absolute atomic E-state index is 0.0220. The number of nitrogens with zero attached hydrogens (tertiary/aromatic N) is 1. The van der Waals surface area contributed by atoms with Crippen LogP contribution in [0.4, 0.5) is 5.69 Å². The van der Waals surface area contributed by atoms with Crippen molar-refractivity contribution in [2.24, 2.45) is 0 Å². The van der Waals surface area contributed by atoms with Crippen molar-refractivity contribution in [1.82, 2.24) is 10.2 Å². The molecule has 0 aromatic heterocycles. The summed E-state index contributed by atoms with van der Waals surface area (Å²) in [5, 5.41) is 6.30. The smallest absolute Gasteiger partial charge is 0.238 e. The topological polar surface area (TPSA) is 44.4 Å². The van der Waals surface area contributed by atoms with Crippen molar-refractivity contribution >= 4 is 11.6 Å². The van der Waals surface area contributed by atoms with Crippen LogP contribution in [0.3, 0.4) is 0 Å². The first-order chi connectivity index (χ1) is 10.3. The van der Waals surface area contributed by atoms with E-state index in [0.717, 1.165) is 18.8 Å². The summed E-state index contributed by atoms with van der Waals surface area (Å²) >= 11 is 0. The van der Waals surface area contributed by atoms with Crippen molar-refractivity contribution in [1.29, 1.82) is 0 Å². The zero-order valence-electron chi connectivity index (χ0n) is 14.9. The zero-order chi connectivity index (χ0) is 16.7. The molecule has 0 aliphatic heterocycles. The molecule has 0 atom stereocenters. The van der Waals surface area contributed by atoms with Gasteiger partial charge in [0.05, 0.1) is 6.54 Å². The Morgan fingerprint density at radius 2 is 1.64 bits per heavy atom. The second-order valence-corrected chi connectivity index (χ2v) is 6.65. The molecule has 2 N–H and O–H groups in total. The molecule has 1 rings (SSSR count). The fourth-order valence-corrected chi connectivity index (χ4v) is 2.38. The van der Waals surface area contributed by atoms with E-state index < -0.39 is 0 Å². The molecule has 0 aliphatic rings. The molecule has 0 bridgehead atoms. The van der Waals surface area contributed by atoms with Gasteiger partial charge < -0.3 is 15.5 Å². The number of likely N-dealkylation sites (N-methyl/N-ethyl adjacent to an activating group) is 1. The minimum Gasteiger partial charge on any atom is -0.324 e. The highest BCUT2D eigenvalue weighted by Gasteiger charge is 2.15. The van der Waals surface area contributed by atoms with Gasteiger partial charge in [0.25, 0.3) is 0 Å². The Balaban J connectivity index is 2.76. The Hall–Kier alpha value is -1.39. The lowest BCUT2D eigenvalue weighted by atomic mass is 9.92. The second-order valence-electron chi connectivity index (χ2n) is 6.65. The maximum absolute atomic E-state index is 12.2. The molecule has 0 unspecified atom stereocenters. The van der Waals surface area contributed by atoms with E-state index in [0.29, 0.717) is 18.4 Å². The Labute approximate surface area is 135 Å². The largest absolute Gasteiger partial charge is 0.324 e. The van der Waals surface area contributed by atoms with Gasteiger partial charge >= 0.3 is 0 Å². The average molecular weight is 305 g/mol. The maximum Gasteiger partial charge on any atom is 0.238 e. The molecule has 1 aromatic rings. The molecule has 124 valence electrons. The van der Waals surface area contributed by atoms with E-state index in [1.807, 2.05) is 14.1 Å². The summed E-state index contributed by atoms with van der Waals surface area (Å²) in [6, 6.07) is 6.28. The lowest BCUT2D eigenvalue weighted by Gasteiger charge is -2.20. The lowest BCUT2D eigenvalue weighted by Crippen LogP contribution is -2.33. The summed E-state index contributed by atoms with van der Waals surface area (Å²) in [5.41, 5.74) is 3.40. The van der Waals surface area contributed by atoms with E-state index in [9.17, 15) is 4.79 Å². The molecule has 4 heteroatoms. The molecule has 0 aliphatic carbocycles. The van der Waals surface area contributed by atoms with Crippen LogP contribution in [0.15, 0.2) is 18.2 Å². The Morgan fingerprint density at radius 3 is 2.09 bits per heavy atom. The van der Waals surface area contributed by atoms with Crippen molar-refractivity contribution in [2.75, 3.05) is 39.0 Å². The molecule has 0 fully saturated rings. The van der Waals surface area contributed by atoms with E-state index in [-0.39, 0.29) is 5.91 Å². The number of benzene rings is 1. The molecule has 4 nitrogen and oxygen atoms in total. The van der Waals surface area contributed by atoms with E-state index in [1.165, 1.54) is 11.1 Å². The molecule has 22 heavy (non-hydrogen) atoms. The number of carbonyl (C=O) groups is 1. The lowest BCUT2D eigenvalue weighted by molar-refractivity contribution is -0.115. The van der Waals surface area contributed by atoms with Crippen LogP contribution in [-0.4, -0.2) is 44.5 Å².